The van der Waals surface area contributed by atoms with Crippen LogP contribution in [0.25, 0.3) is 0 Å². The lowest BCUT2D eigenvalue weighted by Gasteiger charge is -2.34. The lowest BCUT2D eigenvalue weighted by molar-refractivity contribution is -0.130. The first-order valence-electron chi connectivity index (χ1n) is 6.67. The number of rotatable bonds is 2. The number of carbonyl (C=O) groups is 2. The van der Waals surface area contributed by atoms with E-state index in [9.17, 15) is 9.59 Å². The molecule has 20 heavy (non-hydrogen) atoms. The van der Waals surface area contributed by atoms with Gasteiger partial charge in [-0.3, -0.25) is 9.59 Å². The van der Waals surface area contributed by atoms with Gasteiger partial charge in [0, 0.05) is 53.4 Å². The summed E-state index contributed by atoms with van der Waals surface area (Å²) in [6.07, 6.45) is 1.61. The molecule has 0 unspecified atom stereocenters. The van der Waals surface area contributed by atoms with Crippen molar-refractivity contribution in [3.63, 3.8) is 0 Å². The molecule has 1 aromatic rings. The maximum atomic E-state index is 12.3. The monoisotopic (exact) mass is 276 g/mol. The van der Waals surface area contributed by atoms with E-state index in [2.05, 4.69) is 4.98 Å². The van der Waals surface area contributed by atoms with E-state index in [-0.39, 0.29) is 11.8 Å². The van der Waals surface area contributed by atoms with Gasteiger partial charge in [0.15, 0.2) is 0 Å². The minimum Gasteiger partial charge on any atom is -0.363 e. The third-order valence-electron chi connectivity index (χ3n) is 3.47. The summed E-state index contributed by atoms with van der Waals surface area (Å²) in [6.45, 7) is 3.91. The predicted octanol–water partition coefficient (Wildman–Crippen LogP) is 0.452. The van der Waals surface area contributed by atoms with Gasteiger partial charge in [-0.05, 0) is 12.1 Å². The summed E-state index contributed by atoms with van der Waals surface area (Å²) in [7, 11) is 3.82. The molecule has 0 aromatic carbocycles. The number of nitrogens with zero attached hydrogens (tertiary/aromatic N) is 4. The molecule has 0 spiro atoms. The van der Waals surface area contributed by atoms with Crippen LogP contribution in [0, 0.1) is 0 Å². The molecule has 1 saturated heterocycles. The Hall–Kier alpha value is -2.11. The molecule has 2 amide bonds. The van der Waals surface area contributed by atoms with Crippen LogP contribution in [0.2, 0.25) is 0 Å². The van der Waals surface area contributed by atoms with Gasteiger partial charge in [-0.25, -0.2) is 4.98 Å². The highest BCUT2D eigenvalue weighted by Gasteiger charge is 2.23. The highest BCUT2D eigenvalue weighted by Crippen LogP contribution is 2.12. The van der Waals surface area contributed by atoms with Crippen LogP contribution in [0.3, 0.4) is 0 Å². The van der Waals surface area contributed by atoms with Crippen molar-refractivity contribution in [2.24, 2.45) is 0 Å². The van der Waals surface area contributed by atoms with Crippen LogP contribution < -0.4 is 4.90 Å². The lowest BCUT2D eigenvalue weighted by Crippen LogP contribution is -2.50. The number of carbonyl (C=O) groups excluding carboxylic acids is 2. The van der Waals surface area contributed by atoms with E-state index in [4.69, 9.17) is 0 Å². The molecule has 0 bridgehead atoms. The molecule has 6 nitrogen and oxygen atoms in total. The molecule has 1 aliphatic rings. The fraction of sp³-hybridized carbons (Fsp3) is 0.500. The van der Waals surface area contributed by atoms with Crippen molar-refractivity contribution in [3.05, 3.63) is 23.9 Å². The molecule has 0 N–H and O–H groups in total. The van der Waals surface area contributed by atoms with Crippen molar-refractivity contribution in [1.29, 1.82) is 0 Å². The second kappa shape index (κ2) is 5.90. The Morgan fingerprint density at radius 2 is 1.70 bits per heavy atom. The van der Waals surface area contributed by atoms with Crippen molar-refractivity contribution in [2.75, 3.05) is 45.2 Å². The van der Waals surface area contributed by atoms with Crippen LogP contribution in [-0.4, -0.2) is 66.9 Å². The largest absolute Gasteiger partial charge is 0.363 e. The lowest BCUT2D eigenvalue weighted by atomic mass is 10.2. The van der Waals surface area contributed by atoms with Gasteiger partial charge in [-0.1, -0.05) is 0 Å². The van der Waals surface area contributed by atoms with Crippen LogP contribution in [-0.2, 0) is 4.79 Å². The third-order valence-corrected chi connectivity index (χ3v) is 3.47. The quantitative estimate of drug-likeness (QED) is 0.787. The molecule has 6 heteroatoms. The summed E-state index contributed by atoms with van der Waals surface area (Å²) in [4.78, 5) is 33.3. The highest BCUT2D eigenvalue weighted by atomic mass is 16.2. The van der Waals surface area contributed by atoms with Gasteiger partial charge in [0.25, 0.3) is 5.91 Å². The fourth-order valence-corrected chi connectivity index (χ4v) is 2.18. The van der Waals surface area contributed by atoms with Gasteiger partial charge < -0.3 is 14.7 Å². The minimum absolute atomic E-state index is 0.0222. The number of amides is 2. The van der Waals surface area contributed by atoms with Crippen molar-refractivity contribution < 1.29 is 9.59 Å². The van der Waals surface area contributed by atoms with Crippen LogP contribution in [0.5, 0.6) is 0 Å². The smallest absolute Gasteiger partial charge is 0.255 e. The standard InChI is InChI=1S/C14H20N4O2/c1-11(19)17-6-8-18(9-7-17)14(20)12-4-5-13(15-10-12)16(2)3/h4-5,10H,6-9H2,1-3H3. The van der Waals surface area contributed by atoms with E-state index in [0.29, 0.717) is 31.7 Å². The van der Waals surface area contributed by atoms with Crippen LogP contribution in [0.4, 0.5) is 5.82 Å². The van der Waals surface area contributed by atoms with Gasteiger partial charge in [0.2, 0.25) is 5.91 Å². The zero-order valence-electron chi connectivity index (χ0n) is 12.2. The van der Waals surface area contributed by atoms with E-state index in [0.717, 1.165) is 5.82 Å². The highest BCUT2D eigenvalue weighted by molar-refractivity contribution is 5.94. The molecule has 0 atom stereocenters. The SMILES string of the molecule is CC(=O)N1CCN(C(=O)c2ccc(N(C)C)nc2)CC1. The Labute approximate surface area is 119 Å². The third kappa shape index (κ3) is 3.07. The second-order valence-electron chi connectivity index (χ2n) is 5.10. The van der Waals surface area contributed by atoms with Crippen molar-refractivity contribution in [2.45, 2.75) is 6.92 Å². The number of anilines is 1. The van der Waals surface area contributed by atoms with E-state index < -0.39 is 0 Å². The van der Waals surface area contributed by atoms with Gasteiger partial charge in [-0.15, -0.1) is 0 Å². The van der Waals surface area contributed by atoms with Crippen molar-refractivity contribution in [1.82, 2.24) is 14.8 Å². The van der Waals surface area contributed by atoms with E-state index >= 15 is 0 Å². The summed E-state index contributed by atoms with van der Waals surface area (Å²) in [5, 5.41) is 0. The molecule has 0 aliphatic carbocycles. The normalized spacial score (nSPS) is 15.2. The molecule has 0 radical (unpaired) electrons. The summed E-state index contributed by atoms with van der Waals surface area (Å²) in [5.74, 6) is 0.864. The predicted molar refractivity (Wildman–Crippen MR) is 76.7 cm³/mol. The average molecular weight is 276 g/mol. The Morgan fingerprint density at radius 1 is 1.10 bits per heavy atom. The molecule has 2 heterocycles. The number of hydrogen-bond donors (Lipinski definition) is 0. The van der Waals surface area contributed by atoms with Gasteiger partial charge >= 0.3 is 0 Å². The second-order valence-corrected chi connectivity index (χ2v) is 5.10. The van der Waals surface area contributed by atoms with Crippen LogP contribution in [0.1, 0.15) is 17.3 Å². The van der Waals surface area contributed by atoms with E-state index in [1.54, 1.807) is 29.0 Å². The molecule has 108 valence electrons. The zero-order valence-corrected chi connectivity index (χ0v) is 12.2. The Morgan fingerprint density at radius 3 is 2.15 bits per heavy atom. The van der Waals surface area contributed by atoms with Gasteiger partial charge in [-0.2, -0.15) is 0 Å². The molecule has 2 rings (SSSR count). The summed E-state index contributed by atoms with van der Waals surface area (Å²) in [6, 6.07) is 3.63. The molecule has 0 saturated carbocycles. The Bertz CT molecular complexity index is 490. The first-order valence-corrected chi connectivity index (χ1v) is 6.67. The molecule has 1 fully saturated rings. The summed E-state index contributed by atoms with van der Waals surface area (Å²) < 4.78 is 0. The molecule has 1 aliphatic heterocycles. The number of hydrogen-bond acceptors (Lipinski definition) is 4. The van der Waals surface area contributed by atoms with Gasteiger partial charge in [0.1, 0.15) is 5.82 Å². The number of piperazine rings is 1. The Kier molecular flexibility index (Phi) is 4.22. The molecular formula is C14H20N4O2. The summed E-state index contributed by atoms with van der Waals surface area (Å²) >= 11 is 0. The maximum absolute atomic E-state index is 12.3. The number of aromatic nitrogens is 1. The molecular weight excluding hydrogens is 256 g/mol. The Balaban J connectivity index is 2.00. The van der Waals surface area contributed by atoms with Crippen LogP contribution in [0.15, 0.2) is 18.3 Å². The van der Waals surface area contributed by atoms with E-state index in [1.807, 2.05) is 25.1 Å². The molecule has 1 aromatic heterocycles. The zero-order chi connectivity index (χ0) is 14.7. The van der Waals surface area contributed by atoms with Crippen molar-refractivity contribution >= 4 is 17.6 Å². The topological polar surface area (TPSA) is 56.8 Å². The first kappa shape index (κ1) is 14.3. The summed E-state index contributed by atoms with van der Waals surface area (Å²) in [5.41, 5.74) is 0.590. The minimum atomic E-state index is -0.0222. The van der Waals surface area contributed by atoms with Crippen molar-refractivity contribution in [3.8, 4) is 0 Å². The van der Waals surface area contributed by atoms with Gasteiger partial charge in [0.05, 0.1) is 5.56 Å². The van der Waals surface area contributed by atoms with Crippen LogP contribution >= 0.6 is 0 Å². The average Bonchev–Trinajstić information content (AvgIpc) is 2.46. The van der Waals surface area contributed by atoms with E-state index in [1.165, 1.54) is 0 Å². The maximum Gasteiger partial charge on any atom is 0.255 e. The fourth-order valence-electron chi connectivity index (χ4n) is 2.18. The first-order chi connectivity index (χ1) is 9.49. The number of pyridine rings is 1.